The van der Waals surface area contributed by atoms with Gasteiger partial charge >= 0.3 is 17.9 Å². The fraction of sp³-hybridized carbons (Fsp3) is 0.800. The highest BCUT2D eigenvalue weighted by Gasteiger charge is 2.31. The van der Waals surface area contributed by atoms with Crippen molar-refractivity contribution in [3.8, 4) is 0 Å². The number of ether oxygens (including phenoxy) is 3. The van der Waals surface area contributed by atoms with Gasteiger partial charge in [-0.15, -0.1) is 0 Å². The average Bonchev–Trinajstić information content (AvgIpc) is 3.11. The molecule has 0 aliphatic rings. The van der Waals surface area contributed by atoms with E-state index in [9.17, 15) is 19.5 Å². The number of carbonyl (C=O) groups excluding carboxylic acids is 2. The van der Waals surface area contributed by atoms with Crippen molar-refractivity contribution in [3.05, 3.63) is 36.5 Å². The van der Waals surface area contributed by atoms with Gasteiger partial charge in [-0.05, 0) is 44.9 Å². The maximum atomic E-state index is 12.7. The number of unbranched alkanes of at least 4 members (excludes halogenated alkanes) is 18. The molecule has 0 bridgehead atoms. The minimum absolute atomic E-state index is 0.0538. The molecule has 0 fully saturated rings. The van der Waals surface area contributed by atoms with Gasteiger partial charge in [-0.1, -0.05) is 153 Å². The van der Waals surface area contributed by atoms with Gasteiger partial charge in [0.05, 0.1) is 34.4 Å². The van der Waals surface area contributed by atoms with Crippen LogP contribution in [0.25, 0.3) is 0 Å². The predicted octanol–water partition coefficient (Wildman–Crippen LogP) is 11.5. The number of carboxylic acids is 1. The second-order valence-electron chi connectivity index (χ2n) is 15.6. The van der Waals surface area contributed by atoms with Crippen LogP contribution in [0.2, 0.25) is 0 Å². The summed E-state index contributed by atoms with van der Waals surface area (Å²) in [6.07, 6.45) is 40.4. The van der Waals surface area contributed by atoms with E-state index in [1.54, 1.807) is 0 Å². The molecule has 2 atom stereocenters. The summed E-state index contributed by atoms with van der Waals surface area (Å²) >= 11 is 0. The van der Waals surface area contributed by atoms with E-state index in [0.717, 1.165) is 70.6 Å². The van der Waals surface area contributed by atoms with Crippen LogP contribution in [0, 0.1) is 0 Å². The van der Waals surface area contributed by atoms with E-state index < -0.39 is 18.1 Å². The van der Waals surface area contributed by atoms with Gasteiger partial charge in [0, 0.05) is 19.3 Å². The van der Waals surface area contributed by atoms with Crippen LogP contribution in [0.15, 0.2) is 36.5 Å². The van der Waals surface area contributed by atoms with E-state index >= 15 is 0 Å². The Morgan fingerprint density at radius 1 is 0.585 bits per heavy atom. The summed E-state index contributed by atoms with van der Waals surface area (Å²) in [7, 11) is 5.52. The van der Waals surface area contributed by atoms with Gasteiger partial charge in [-0.3, -0.25) is 9.59 Å². The molecular weight excluding hydrogens is 666 g/mol. The molecule has 0 rings (SSSR count). The van der Waals surface area contributed by atoms with Crippen molar-refractivity contribution in [2.45, 2.75) is 193 Å². The maximum Gasteiger partial charge on any atom is 0.362 e. The zero-order chi connectivity index (χ0) is 39.3. The molecule has 1 N–H and O–H groups in total. The lowest BCUT2D eigenvalue weighted by molar-refractivity contribution is -0.887. The first-order valence-corrected chi connectivity index (χ1v) is 21.5. The van der Waals surface area contributed by atoms with Crippen molar-refractivity contribution >= 4 is 17.9 Å². The third-order valence-corrected chi connectivity index (χ3v) is 9.55. The summed E-state index contributed by atoms with van der Waals surface area (Å²) in [5, 5.41) is 9.61. The number of hydrogen-bond donors (Lipinski definition) is 1. The Hall–Kier alpha value is -2.45. The van der Waals surface area contributed by atoms with Crippen molar-refractivity contribution in [2.75, 3.05) is 41.0 Å². The molecule has 0 aromatic rings. The van der Waals surface area contributed by atoms with Crippen LogP contribution in [0.5, 0.6) is 0 Å². The lowest BCUT2D eigenvalue weighted by Crippen LogP contribution is -2.50. The van der Waals surface area contributed by atoms with Crippen molar-refractivity contribution in [2.24, 2.45) is 0 Å². The van der Waals surface area contributed by atoms with Gasteiger partial charge < -0.3 is 23.8 Å². The van der Waals surface area contributed by atoms with Gasteiger partial charge in [0.2, 0.25) is 0 Å². The molecule has 0 aliphatic carbocycles. The Morgan fingerprint density at radius 2 is 1.06 bits per heavy atom. The number of hydrogen-bond acceptors (Lipinski definition) is 6. The number of rotatable bonds is 38. The Bertz CT molecular complexity index is 968. The first-order chi connectivity index (χ1) is 25.6. The highest BCUT2D eigenvalue weighted by molar-refractivity contribution is 5.72. The van der Waals surface area contributed by atoms with E-state index in [1.807, 2.05) is 21.1 Å². The van der Waals surface area contributed by atoms with Gasteiger partial charge in [0.25, 0.3) is 0 Å². The zero-order valence-electron chi connectivity index (χ0n) is 35.0. The van der Waals surface area contributed by atoms with Gasteiger partial charge in [-0.25, -0.2) is 4.79 Å². The predicted molar refractivity (Wildman–Crippen MR) is 220 cm³/mol. The van der Waals surface area contributed by atoms with E-state index in [1.165, 1.54) is 77.0 Å². The van der Waals surface area contributed by atoms with Crippen LogP contribution in [0.4, 0.5) is 0 Å². The molecule has 0 radical (unpaired) electrons. The molecular formula is C45H82NO7+. The molecule has 2 unspecified atom stereocenters. The molecule has 0 aromatic carbocycles. The quantitative estimate of drug-likeness (QED) is 0.0290. The number of carbonyl (C=O) groups is 3. The summed E-state index contributed by atoms with van der Waals surface area (Å²) in [5.41, 5.74) is 0. The van der Waals surface area contributed by atoms with Gasteiger partial charge in [0.15, 0.2) is 12.1 Å². The Kier molecular flexibility index (Phi) is 34.8. The van der Waals surface area contributed by atoms with Gasteiger partial charge in [0.1, 0.15) is 6.61 Å². The van der Waals surface area contributed by atoms with E-state index in [2.05, 4.69) is 50.3 Å². The topological polar surface area (TPSA) is 99.1 Å². The Morgan fingerprint density at radius 3 is 1.57 bits per heavy atom. The third kappa shape index (κ3) is 35.0. The van der Waals surface area contributed by atoms with Crippen LogP contribution < -0.4 is 0 Å². The number of carboxylic acid groups (broad SMARTS) is 1. The molecule has 308 valence electrons. The van der Waals surface area contributed by atoms with Crippen molar-refractivity contribution in [1.82, 2.24) is 0 Å². The molecule has 0 saturated carbocycles. The summed E-state index contributed by atoms with van der Waals surface area (Å²) in [4.78, 5) is 36.9. The molecule has 0 aliphatic heterocycles. The Labute approximate surface area is 325 Å². The molecule has 0 spiro atoms. The lowest BCUT2D eigenvalue weighted by atomic mass is 10.0. The maximum absolute atomic E-state index is 12.7. The van der Waals surface area contributed by atoms with Crippen molar-refractivity contribution in [3.63, 3.8) is 0 Å². The molecule has 0 amide bonds. The molecule has 8 nitrogen and oxygen atoms in total. The Balaban J connectivity index is 4.37. The van der Waals surface area contributed by atoms with E-state index in [4.69, 9.17) is 14.2 Å². The summed E-state index contributed by atoms with van der Waals surface area (Å²) in [6, 6.07) is -0.615. The molecule has 0 heterocycles. The molecule has 53 heavy (non-hydrogen) atoms. The molecule has 0 saturated heterocycles. The minimum atomic E-state index is -0.877. The number of allylic oxidation sites excluding steroid dienone is 6. The van der Waals surface area contributed by atoms with Crippen LogP contribution >= 0.6 is 0 Å². The van der Waals surface area contributed by atoms with Crippen LogP contribution in [-0.4, -0.2) is 80.6 Å². The summed E-state index contributed by atoms with van der Waals surface area (Å²) in [6.45, 7) is 4.61. The fourth-order valence-corrected chi connectivity index (χ4v) is 6.22. The average molecular weight is 749 g/mol. The normalized spacial score (nSPS) is 13.3. The van der Waals surface area contributed by atoms with Crippen LogP contribution in [0.1, 0.15) is 181 Å². The SMILES string of the molecule is CC/C=C/C/C=C/C/C=C/CCCCCCCCC(=O)OC(COCCC(C(=O)O)[N+](C)(C)C)COC(=O)CCCCCCCCCCCCCCC. The highest BCUT2D eigenvalue weighted by Crippen LogP contribution is 2.15. The van der Waals surface area contributed by atoms with E-state index in [-0.39, 0.29) is 36.2 Å². The largest absolute Gasteiger partial charge is 0.477 e. The van der Waals surface area contributed by atoms with Gasteiger partial charge in [-0.2, -0.15) is 0 Å². The number of likely N-dealkylation sites (N-methyl/N-ethyl adjacent to an activating group) is 1. The molecule has 8 heteroatoms. The first kappa shape index (κ1) is 50.5. The smallest absolute Gasteiger partial charge is 0.362 e. The number of esters is 2. The lowest BCUT2D eigenvalue weighted by Gasteiger charge is -2.31. The van der Waals surface area contributed by atoms with Crippen molar-refractivity contribution < 1.29 is 38.2 Å². The number of aliphatic carboxylic acids is 1. The number of nitrogens with zero attached hydrogens (tertiary/aromatic N) is 1. The standard InChI is InChI=1S/C45H81NO7/c1-6-8-10-12-14-16-18-20-21-22-24-26-28-30-32-34-36-44(48)53-41(39-51-38-37-42(45(49)50)46(3,4)5)40-52-43(47)35-33-31-29-27-25-23-19-17-15-13-11-9-7-2/h8,10,14,16,20-21,41-42H,6-7,9,11-13,15,17-19,22-40H2,1-5H3/p+1/b10-8+,16-14+,21-20+. The summed E-state index contributed by atoms with van der Waals surface area (Å²) in [5.74, 6) is -1.48. The minimum Gasteiger partial charge on any atom is -0.477 e. The highest BCUT2D eigenvalue weighted by atomic mass is 16.6. The first-order valence-electron chi connectivity index (χ1n) is 21.5. The second kappa shape index (κ2) is 36.5. The monoisotopic (exact) mass is 749 g/mol. The second-order valence-corrected chi connectivity index (χ2v) is 15.6. The van der Waals surface area contributed by atoms with Crippen molar-refractivity contribution in [1.29, 1.82) is 0 Å². The third-order valence-electron chi connectivity index (χ3n) is 9.55. The fourth-order valence-electron chi connectivity index (χ4n) is 6.22. The van der Waals surface area contributed by atoms with E-state index in [0.29, 0.717) is 19.3 Å². The van der Waals surface area contributed by atoms with Crippen LogP contribution in [0.3, 0.4) is 0 Å². The summed E-state index contributed by atoms with van der Waals surface area (Å²) < 4.78 is 17.3. The number of quaternary nitrogens is 1. The van der Waals surface area contributed by atoms with Crippen LogP contribution in [-0.2, 0) is 28.6 Å². The zero-order valence-corrected chi connectivity index (χ0v) is 35.0. The molecule has 0 aromatic heterocycles.